The molecule has 18 heavy (non-hydrogen) atoms. The van der Waals surface area contributed by atoms with Gasteiger partial charge in [0.15, 0.2) is 0 Å². The predicted octanol–water partition coefficient (Wildman–Crippen LogP) is 2.88. The average molecular weight is 266 g/mol. The molecule has 1 aromatic carbocycles. The zero-order chi connectivity index (χ0) is 13.3. The second-order valence-electron chi connectivity index (χ2n) is 3.84. The topological polar surface area (TPSA) is 59.2 Å². The largest absolute Gasteiger partial charge is 0.460 e. The van der Waals surface area contributed by atoms with Crippen molar-refractivity contribution in [3.63, 3.8) is 0 Å². The molecule has 0 saturated heterocycles. The van der Waals surface area contributed by atoms with Gasteiger partial charge in [-0.3, -0.25) is 4.79 Å². The number of H-pyrrole nitrogens is 1. The summed E-state index contributed by atoms with van der Waals surface area (Å²) >= 11 is 6.03. The van der Waals surface area contributed by atoms with Gasteiger partial charge in [-0.25, -0.2) is 4.79 Å². The van der Waals surface area contributed by atoms with Gasteiger partial charge in [-0.1, -0.05) is 23.7 Å². The van der Waals surface area contributed by atoms with Gasteiger partial charge in [0.2, 0.25) is 0 Å². The van der Waals surface area contributed by atoms with Gasteiger partial charge in [-0.2, -0.15) is 0 Å². The van der Waals surface area contributed by atoms with E-state index in [1.165, 1.54) is 0 Å². The van der Waals surface area contributed by atoms with Crippen LogP contribution in [0.2, 0.25) is 5.02 Å². The lowest BCUT2D eigenvalue weighted by atomic mass is 10.1. The number of Topliss-reactive ketones (excluding diaryl/α,β-unsaturated/α-hetero) is 1. The molecule has 0 spiro atoms. The molecule has 0 amide bonds. The van der Waals surface area contributed by atoms with Crippen molar-refractivity contribution in [1.82, 2.24) is 4.98 Å². The van der Waals surface area contributed by atoms with Gasteiger partial charge < -0.3 is 9.72 Å². The molecule has 94 valence electrons. The van der Waals surface area contributed by atoms with Crippen LogP contribution in [0.3, 0.4) is 0 Å². The summed E-state index contributed by atoms with van der Waals surface area (Å²) in [6.07, 6.45) is 0. The van der Waals surface area contributed by atoms with E-state index in [2.05, 4.69) is 4.98 Å². The molecular formula is C13H12ClNO3. The molecule has 0 saturated carbocycles. The number of aromatic nitrogens is 1. The van der Waals surface area contributed by atoms with Crippen molar-refractivity contribution >= 4 is 34.3 Å². The predicted molar refractivity (Wildman–Crippen MR) is 69.0 cm³/mol. The fourth-order valence-electron chi connectivity index (χ4n) is 1.84. The molecule has 4 nitrogen and oxygen atoms in total. The fourth-order valence-corrected chi connectivity index (χ4v) is 2.06. The van der Waals surface area contributed by atoms with Gasteiger partial charge in [0.1, 0.15) is 0 Å². The molecule has 0 aliphatic heterocycles. The maximum Gasteiger partial charge on any atom is 0.381 e. The number of esters is 1. The second kappa shape index (κ2) is 4.82. The molecule has 1 N–H and O–H groups in total. The Labute approximate surface area is 109 Å². The third kappa shape index (κ3) is 1.99. The Hall–Kier alpha value is -1.81. The Morgan fingerprint density at radius 3 is 2.72 bits per heavy atom. The SMILES string of the molecule is CCOC(=O)C(=O)c1[nH]c2c(Cl)cccc2c1C. The number of hydrogen-bond donors (Lipinski definition) is 1. The van der Waals surface area contributed by atoms with Crippen molar-refractivity contribution in [1.29, 1.82) is 0 Å². The number of rotatable bonds is 3. The third-order valence-electron chi connectivity index (χ3n) is 2.73. The zero-order valence-corrected chi connectivity index (χ0v) is 10.8. The molecule has 0 unspecified atom stereocenters. The smallest absolute Gasteiger partial charge is 0.381 e. The van der Waals surface area contributed by atoms with Crippen LogP contribution in [0.25, 0.3) is 10.9 Å². The van der Waals surface area contributed by atoms with Crippen molar-refractivity contribution in [3.05, 3.63) is 34.5 Å². The highest BCUT2D eigenvalue weighted by atomic mass is 35.5. The minimum Gasteiger partial charge on any atom is -0.460 e. The number of aryl methyl sites for hydroxylation is 1. The number of carbonyl (C=O) groups is 2. The van der Waals surface area contributed by atoms with Crippen LogP contribution >= 0.6 is 11.6 Å². The molecule has 0 bridgehead atoms. The van der Waals surface area contributed by atoms with Crippen LogP contribution in [0, 0.1) is 6.92 Å². The number of aromatic amines is 1. The van der Waals surface area contributed by atoms with E-state index >= 15 is 0 Å². The lowest BCUT2D eigenvalue weighted by Gasteiger charge is -1.99. The zero-order valence-electron chi connectivity index (χ0n) is 10.0. The van der Waals surface area contributed by atoms with Crippen LogP contribution in [0.1, 0.15) is 23.0 Å². The summed E-state index contributed by atoms with van der Waals surface area (Å²) in [7, 11) is 0. The molecule has 0 aliphatic rings. The summed E-state index contributed by atoms with van der Waals surface area (Å²) in [4.78, 5) is 26.2. The van der Waals surface area contributed by atoms with Crippen molar-refractivity contribution in [2.45, 2.75) is 13.8 Å². The first kappa shape index (κ1) is 12.6. The highest BCUT2D eigenvalue weighted by Crippen LogP contribution is 2.27. The van der Waals surface area contributed by atoms with Crippen LogP contribution in [0.5, 0.6) is 0 Å². The van der Waals surface area contributed by atoms with E-state index in [1.807, 2.05) is 6.07 Å². The summed E-state index contributed by atoms with van der Waals surface area (Å²) in [5, 5.41) is 1.34. The van der Waals surface area contributed by atoms with E-state index in [4.69, 9.17) is 16.3 Å². The number of para-hydroxylation sites is 1. The first-order valence-corrected chi connectivity index (χ1v) is 5.92. The lowest BCUT2D eigenvalue weighted by Crippen LogP contribution is -2.18. The third-order valence-corrected chi connectivity index (χ3v) is 3.05. The van der Waals surface area contributed by atoms with Gasteiger partial charge in [0.25, 0.3) is 5.78 Å². The number of benzene rings is 1. The van der Waals surface area contributed by atoms with Gasteiger partial charge in [-0.05, 0) is 25.5 Å². The average Bonchev–Trinajstić information content (AvgIpc) is 2.68. The maximum absolute atomic E-state index is 11.9. The molecule has 5 heteroatoms. The Morgan fingerprint density at radius 1 is 1.39 bits per heavy atom. The number of carbonyl (C=O) groups excluding carboxylic acids is 2. The van der Waals surface area contributed by atoms with E-state index in [-0.39, 0.29) is 12.3 Å². The van der Waals surface area contributed by atoms with E-state index < -0.39 is 11.8 Å². The minimum atomic E-state index is -0.858. The van der Waals surface area contributed by atoms with Crippen LogP contribution in [-0.2, 0) is 9.53 Å². The van der Waals surface area contributed by atoms with E-state index in [0.717, 1.165) is 5.39 Å². The van der Waals surface area contributed by atoms with Crippen LogP contribution in [-0.4, -0.2) is 23.3 Å². The fraction of sp³-hybridized carbons (Fsp3) is 0.231. The molecule has 1 heterocycles. The summed E-state index contributed by atoms with van der Waals surface area (Å²) in [5.74, 6) is -1.54. The monoisotopic (exact) mass is 265 g/mol. The highest BCUT2D eigenvalue weighted by Gasteiger charge is 2.23. The molecule has 0 fully saturated rings. The summed E-state index contributed by atoms with van der Waals surface area (Å²) < 4.78 is 4.70. The van der Waals surface area contributed by atoms with Gasteiger partial charge >= 0.3 is 5.97 Å². The Balaban J connectivity index is 2.52. The molecule has 0 radical (unpaired) electrons. The molecule has 0 atom stereocenters. The number of ketones is 1. The Kier molecular flexibility index (Phi) is 3.39. The lowest BCUT2D eigenvalue weighted by molar-refractivity contribution is -0.137. The van der Waals surface area contributed by atoms with Gasteiger partial charge in [-0.15, -0.1) is 0 Å². The maximum atomic E-state index is 11.9. The Bertz CT molecular complexity index is 630. The van der Waals surface area contributed by atoms with E-state index in [0.29, 0.717) is 16.1 Å². The van der Waals surface area contributed by atoms with Gasteiger partial charge in [0, 0.05) is 5.39 Å². The van der Waals surface area contributed by atoms with Crippen molar-refractivity contribution in [2.24, 2.45) is 0 Å². The summed E-state index contributed by atoms with van der Waals surface area (Å²) in [6.45, 7) is 3.59. The first-order valence-electron chi connectivity index (χ1n) is 5.54. The van der Waals surface area contributed by atoms with E-state index in [1.54, 1.807) is 26.0 Å². The number of hydrogen-bond acceptors (Lipinski definition) is 3. The van der Waals surface area contributed by atoms with Crippen LogP contribution in [0.4, 0.5) is 0 Å². The van der Waals surface area contributed by atoms with E-state index in [9.17, 15) is 9.59 Å². The quantitative estimate of drug-likeness (QED) is 0.527. The molecule has 2 rings (SSSR count). The molecule has 2 aromatic rings. The molecule has 0 aliphatic carbocycles. The minimum absolute atomic E-state index is 0.171. The number of ether oxygens (including phenoxy) is 1. The first-order chi connectivity index (χ1) is 8.56. The number of nitrogens with one attached hydrogen (secondary N) is 1. The molecule has 1 aromatic heterocycles. The van der Waals surface area contributed by atoms with Crippen molar-refractivity contribution in [2.75, 3.05) is 6.61 Å². The Morgan fingerprint density at radius 2 is 2.11 bits per heavy atom. The second-order valence-corrected chi connectivity index (χ2v) is 4.24. The highest BCUT2D eigenvalue weighted by molar-refractivity contribution is 6.41. The van der Waals surface area contributed by atoms with Crippen LogP contribution in [0.15, 0.2) is 18.2 Å². The standard InChI is InChI=1S/C13H12ClNO3/c1-3-18-13(17)12(16)10-7(2)8-5-4-6-9(14)11(8)15-10/h4-6,15H,3H2,1-2H3. The number of fused-ring (bicyclic) bond motifs is 1. The van der Waals surface area contributed by atoms with Crippen molar-refractivity contribution < 1.29 is 14.3 Å². The summed E-state index contributed by atoms with van der Waals surface area (Å²) in [6, 6.07) is 5.36. The summed E-state index contributed by atoms with van der Waals surface area (Å²) in [5.41, 5.74) is 1.59. The number of halogens is 1. The molecular weight excluding hydrogens is 254 g/mol. The van der Waals surface area contributed by atoms with Gasteiger partial charge in [0.05, 0.1) is 22.8 Å². The van der Waals surface area contributed by atoms with Crippen LogP contribution < -0.4 is 0 Å². The van der Waals surface area contributed by atoms with Crippen molar-refractivity contribution in [3.8, 4) is 0 Å². The normalized spacial score (nSPS) is 10.6.